The number of fused-ring (bicyclic) bond motifs is 4. The second kappa shape index (κ2) is 7.25. The van der Waals surface area contributed by atoms with Crippen LogP contribution in [0, 0.1) is 47.3 Å². The zero-order valence-electron chi connectivity index (χ0n) is 20.8. The molecule has 0 aromatic heterocycles. The van der Waals surface area contributed by atoms with Crippen LogP contribution < -0.4 is 0 Å². The molecular formula is C35H26OS2. The van der Waals surface area contributed by atoms with Crippen molar-refractivity contribution in [2.24, 2.45) is 47.3 Å². The van der Waals surface area contributed by atoms with Gasteiger partial charge in [-0.05, 0) is 93.9 Å². The minimum Gasteiger partial charge on any atom is -0.289 e. The van der Waals surface area contributed by atoms with Crippen molar-refractivity contribution in [1.82, 2.24) is 0 Å². The molecule has 1 nitrogen and oxygen atoms in total. The summed E-state index contributed by atoms with van der Waals surface area (Å²) in [6, 6.07) is 29.3. The molecule has 0 spiro atoms. The fraction of sp³-hybridized carbons (Fsp3) is 0.286. The molecule has 4 aromatic carbocycles. The minimum absolute atomic E-state index is 0.142. The van der Waals surface area contributed by atoms with Gasteiger partial charge in [-0.2, -0.15) is 0 Å². The molecule has 184 valence electrons. The van der Waals surface area contributed by atoms with Crippen LogP contribution in [0.25, 0.3) is 0 Å². The predicted octanol–water partition coefficient (Wildman–Crippen LogP) is 8.01. The molecule has 0 unspecified atom stereocenters. The summed E-state index contributed by atoms with van der Waals surface area (Å²) >= 11 is 3.54. The van der Waals surface area contributed by atoms with Gasteiger partial charge in [-0.15, -0.1) is 0 Å². The standard InChI is InChI=1S/C27H18OS2.C8H8/c28-27(19-9-5-13-25-21(19)15-17-7-1-3-11-23(17)29-25)20-10-6-14-26-22(20)16-18-8-2-4-12-24(18)30-26;1-2-5-3(1)7-4(1)6(2)8(5)7/h1-14H,15-16H2;1-8H. The monoisotopic (exact) mass is 526 g/mol. The smallest absolute Gasteiger partial charge is 0.193 e. The molecule has 0 N–H and O–H groups in total. The number of rotatable bonds is 2. The Bertz CT molecular complexity index is 1510. The van der Waals surface area contributed by atoms with E-state index in [1.807, 2.05) is 24.3 Å². The lowest BCUT2D eigenvalue weighted by molar-refractivity contribution is -0.565. The molecule has 6 aliphatic carbocycles. The Labute approximate surface area is 231 Å². The molecule has 3 heteroatoms. The van der Waals surface area contributed by atoms with E-state index < -0.39 is 0 Å². The van der Waals surface area contributed by atoms with Crippen molar-refractivity contribution >= 4 is 29.3 Å². The Hall–Kier alpha value is -2.75. The van der Waals surface area contributed by atoms with E-state index in [1.165, 1.54) is 78.1 Å². The molecule has 0 bridgehead atoms. The van der Waals surface area contributed by atoms with Crippen molar-refractivity contribution in [2.45, 2.75) is 32.4 Å². The predicted molar refractivity (Wildman–Crippen MR) is 151 cm³/mol. The van der Waals surface area contributed by atoms with Gasteiger partial charge in [0.1, 0.15) is 0 Å². The zero-order chi connectivity index (χ0) is 24.7. The third kappa shape index (κ3) is 2.43. The summed E-state index contributed by atoms with van der Waals surface area (Å²) in [5.41, 5.74) is 6.60. The first kappa shape index (κ1) is 21.1. The second-order valence-corrected chi connectivity index (χ2v) is 14.5. The molecule has 6 saturated carbocycles. The third-order valence-corrected chi connectivity index (χ3v) is 13.6. The summed E-state index contributed by atoms with van der Waals surface area (Å²) in [5.74, 6) is 10.8. The van der Waals surface area contributed by atoms with Gasteiger partial charge < -0.3 is 0 Å². The number of carbonyl (C=O) groups is 1. The molecule has 38 heavy (non-hydrogen) atoms. The fourth-order valence-corrected chi connectivity index (χ4v) is 11.9. The lowest BCUT2D eigenvalue weighted by Gasteiger charge is -3.03. The van der Waals surface area contributed by atoms with Gasteiger partial charge in [0.25, 0.3) is 0 Å². The lowest BCUT2D eigenvalue weighted by Crippen LogP contribution is -3.00. The van der Waals surface area contributed by atoms with Crippen LogP contribution in [0.2, 0.25) is 0 Å². The van der Waals surface area contributed by atoms with Gasteiger partial charge in [0, 0.05) is 43.6 Å². The summed E-state index contributed by atoms with van der Waals surface area (Å²) < 4.78 is 0. The molecule has 0 atom stereocenters. The summed E-state index contributed by atoms with van der Waals surface area (Å²) in [5, 5.41) is 0. The van der Waals surface area contributed by atoms with Crippen LogP contribution in [-0.2, 0) is 12.8 Å². The summed E-state index contributed by atoms with van der Waals surface area (Å²) in [6.45, 7) is 0. The summed E-state index contributed by atoms with van der Waals surface area (Å²) in [7, 11) is 0. The van der Waals surface area contributed by atoms with E-state index in [2.05, 4.69) is 60.7 Å². The van der Waals surface area contributed by atoms with E-state index in [4.69, 9.17) is 0 Å². The number of ketones is 1. The normalized spacial score (nSPS) is 33.5. The van der Waals surface area contributed by atoms with Gasteiger partial charge in [-0.25, -0.2) is 0 Å². The Morgan fingerprint density at radius 1 is 0.474 bits per heavy atom. The van der Waals surface area contributed by atoms with Crippen LogP contribution in [0.4, 0.5) is 0 Å². The third-order valence-electron chi connectivity index (χ3n) is 11.2. The summed E-state index contributed by atoms with van der Waals surface area (Å²) in [6.07, 6.45) is 1.63. The van der Waals surface area contributed by atoms with Crippen LogP contribution in [0.1, 0.15) is 38.2 Å². The highest BCUT2D eigenvalue weighted by molar-refractivity contribution is 7.99. The highest BCUT2D eigenvalue weighted by Gasteiger charge is 2.97. The molecule has 2 heterocycles. The average Bonchev–Trinajstić information content (AvgIpc) is 2.99. The maximum absolute atomic E-state index is 13.8. The Balaban J connectivity index is 0.000000204. The summed E-state index contributed by atoms with van der Waals surface area (Å²) in [4.78, 5) is 18.8. The lowest BCUT2D eigenvalue weighted by atomic mass is 9.01. The Morgan fingerprint density at radius 3 is 1.26 bits per heavy atom. The van der Waals surface area contributed by atoms with Crippen molar-refractivity contribution in [3.63, 3.8) is 0 Å². The van der Waals surface area contributed by atoms with Gasteiger partial charge in [0.2, 0.25) is 0 Å². The van der Waals surface area contributed by atoms with Crippen molar-refractivity contribution in [2.75, 3.05) is 0 Å². The first-order valence-corrected chi connectivity index (χ1v) is 15.7. The van der Waals surface area contributed by atoms with E-state index in [0.29, 0.717) is 0 Å². The minimum atomic E-state index is 0.142. The van der Waals surface area contributed by atoms with E-state index in [-0.39, 0.29) is 5.78 Å². The molecule has 0 saturated heterocycles. The van der Waals surface area contributed by atoms with Crippen molar-refractivity contribution in [3.8, 4) is 0 Å². The highest BCUT2D eigenvalue weighted by Crippen LogP contribution is 3.00. The van der Waals surface area contributed by atoms with Crippen LogP contribution >= 0.6 is 23.5 Å². The maximum Gasteiger partial charge on any atom is 0.193 e. The van der Waals surface area contributed by atoms with Gasteiger partial charge in [-0.1, -0.05) is 84.2 Å². The maximum atomic E-state index is 13.8. The fourth-order valence-electron chi connectivity index (χ4n) is 9.66. The van der Waals surface area contributed by atoms with Crippen LogP contribution in [0.15, 0.2) is 105 Å². The molecule has 8 aliphatic rings. The molecule has 2 aliphatic heterocycles. The van der Waals surface area contributed by atoms with Gasteiger partial charge in [0.05, 0.1) is 0 Å². The van der Waals surface area contributed by atoms with Crippen LogP contribution in [0.5, 0.6) is 0 Å². The van der Waals surface area contributed by atoms with Crippen molar-refractivity contribution in [1.29, 1.82) is 0 Å². The number of carbonyl (C=O) groups excluding carboxylic acids is 1. The molecule has 12 rings (SSSR count). The largest absolute Gasteiger partial charge is 0.289 e. The molecule has 0 amide bonds. The molecular weight excluding hydrogens is 501 g/mol. The van der Waals surface area contributed by atoms with Gasteiger partial charge in [-0.3, -0.25) is 4.79 Å². The second-order valence-electron chi connectivity index (χ2n) is 12.3. The average molecular weight is 527 g/mol. The van der Waals surface area contributed by atoms with E-state index >= 15 is 0 Å². The number of hydrogen-bond donors (Lipinski definition) is 0. The number of benzene rings is 4. The van der Waals surface area contributed by atoms with Crippen LogP contribution in [0.3, 0.4) is 0 Å². The van der Waals surface area contributed by atoms with Crippen molar-refractivity contribution in [3.05, 3.63) is 118 Å². The van der Waals surface area contributed by atoms with Crippen LogP contribution in [-0.4, -0.2) is 5.78 Å². The SMILES string of the molecule is C12C3C4C1C1C2C3C41.O=C(c1cccc2c1Cc1ccccc1S2)c1cccc2c1Cc1ccccc1S2. The molecule has 4 aromatic rings. The van der Waals surface area contributed by atoms with Gasteiger partial charge >= 0.3 is 0 Å². The number of hydrogen-bond acceptors (Lipinski definition) is 3. The first-order chi connectivity index (χ1) is 18.8. The van der Waals surface area contributed by atoms with E-state index in [9.17, 15) is 4.79 Å². The quantitative estimate of drug-likeness (QED) is 0.213. The zero-order valence-corrected chi connectivity index (χ0v) is 22.5. The van der Waals surface area contributed by atoms with Crippen molar-refractivity contribution < 1.29 is 4.79 Å². The van der Waals surface area contributed by atoms with Gasteiger partial charge in [0.15, 0.2) is 5.78 Å². The topological polar surface area (TPSA) is 17.1 Å². The molecule has 6 fully saturated rings. The first-order valence-electron chi connectivity index (χ1n) is 14.1. The Kier molecular flexibility index (Phi) is 4.03. The Morgan fingerprint density at radius 2 is 0.842 bits per heavy atom. The molecule has 0 radical (unpaired) electrons. The van der Waals surface area contributed by atoms with E-state index in [0.717, 1.165) is 35.1 Å². The highest BCUT2D eigenvalue weighted by atomic mass is 32.2. The van der Waals surface area contributed by atoms with E-state index in [1.54, 1.807) is 23.5 Å².